The van der Waals surface area contributed by atoms with Crippen molar-refractivity contribution in [2.75, 3.05) is 0 Å². The molecule has 0 unspecified atom stereocenters. The van der Waals surface area contributed by atoms with Crippen LogP contribution in [-0.4, -0.2) is 6.47 Å². The first kappa shape index (κ1) is 7.60. The van der Waals surface area contributed by atoms with Gasteiger partial charge in [0.1, 0.15) is 5.75 Å². The highest BCUT2D eigenvalue weighted by Gasteiger charge is 1.90. The molecule has 0 fully saturated rings. The molecule has 3 nitrogen and oxygen atoms in total. The minimum Gasteiger partial charge on any atom is -0.448 e. The molecule has 0 spiro atoms. The molecular formula is C8H6O3. The van der Waals surface area contributed by atoms with Gasteiger partial charge in [-0.15, -0.1) is 0 Å². The summed E-state index contributed by atoms with van der Waals surface area (Å²) in [5.41, 5.74) is 0. The zero-order valence-corrected chi connectivity index (χ0v) is 5.69. The lowest BCUT2D eigenvalue weighted by Gasteiger charge is -1.99. The Balaban J connectivity index is 2.33. The number of para-hydroxylation sites is 1. The molecule has 0 aliphatic heterocycles. The molecular weight excluding hydrogens is 144 g/mol. The SMILES string of the molecule is O=[C]O[CH]Oc1ccccc1. The Bertz CT molecular complexity index is 208. The van der Waals surface area contributed by atoms with E-state index in [4.69, 9.17) is 4.74 Å². The fourth-order valence-electron chi connectivity index (χ4n) is 0.598. The van der Waals surface area contributed by atoms with Crippen LogP contribution in [0.5, 0.6) is 5.75 Å². The molecule has 1 rings (SSSR count). The monoisotopic (exact) mass is 150 g/mol. The summed E-state index contributed by atoms with van der Waals surface area (Å²) in [6.07, 6.45) is 0. The molecule has 56 valence electrons. The van der Waals surface area contributed by atoms with E-state index in [1.54, 1.807) is 12.1 Å². The van der Waals surface area contributed by atoms with Gasteiger partial charge in [0, 0.05) is 0 Å². The van der Waals surface area contributed by atoms with Crippen molar-refractivity contribution in [1.82, 2.24) is 0 Å². The normalized spacial score (nSPS) is 8.73. The van der Waals surface area contributed by atoms with Crippen LogP contribution in [0.4, 0.5) is 0 Å². The quantitative estimate of drug-likeness (QED) is 0.606. The Hall–Kier alpha value is -1.51. The predicted molar refractivity (Wildman–Crippen MR) is 38.1 cm³/mol. The van der Waals surface area contributed by atoms with Crippen LogP contribution >= 0.6 is 0 Å². The summed E-state index contributed by atoms with van der Waals surface area (Å²) in [4.78, 5) is 9.54. The second-order valence-electron chi connectivity index (χ2n) is 1.73. The van der Waals surface area contributed by atoms with Crippen molar-refractivity contribution in [2.24, 2.45) is 0 Å². The van der Waals surface area contributed by atoms with Gasteiger partial charge in [-0.2, -0.15) is 0 Å². The third-order valence-electron chi connectivity index (χ3n) is 1.02. The molecule has 1 aromatic carbocycles. The van der Waals surface area contributed by atoms with E-state index >= 15 is 0 Å². The smallest absolute Gasteiger partial charge is 0.420 e. The van der Waals surface area contributed by atoms with E-state index in [-0.39, 0.29) is 0 Å². The average Bonchev–Trinajstić information content (AvgIpc) is 2.07. The van der Waals surface area contributed by atoms with Gasteiger partial charge in [-0.25, -0.2) is 4.79 Å². The summed E-state index contributed by atoms with van der Waals surface area (Å²) in [6, 6.07) is 8.97. The summed E-state index contributed by atoms with van der Waals surface area (Å²) in [5.74, 6) is 0.614. The molecule has 0 saturated carbocycles. The van der Waals surface area contributed by atoms with Gasteiger partial charge in [-0.1, -0.05) is 18.2 Å². The lowest BCUT2D eigenvalue weighted by Crippen LogP contribution is -1.92. The lowest BCUT2D eigenvalue weighted by atomic mass is 10.3. The number of hydrogen-bond donors (Lipinski definition) is 0. The Kier molecular flexibility index (Phi) is 2.99. The van der Waals surface area contributed by atoms with Gasteiger partial charge in [0.05, 0.1) is 0 Å². The van der Waals surface area contributed by atoms with Gasteiger partial charge in [0.25, 0.3) is 0 Å². The minimum atomic E-state index is 0.614. The van der Waals surface area contributed by atoms with Crippen molar-refractivity contribution in [3.8, 4) is 5.75 Å². The molecule has 0 aliphatic rings. The molecule has 0 N–H and O–H groups in total. The number of hydrogen-bond acceptors (Lipinski definition) is 3. The van der Waals surface area contributed by atoms with Crippen LogP contribution in [-0.2, 0) is 9.53 Å². The molecule has 1 aromatic rings. The van der Waals surface area contributed by atoms with Gasteiger partial charge >= 0.3 is 13.3 Å². The summed E-state index contributed by atoms with van der Waals surface area (Å²) >= 11 is 0. The maximum Gasteiger partial charge on any atom is 0.420 e. The van der Waals surface area contributed by atoms with Gasteiger partial charge in [0.2, 0.25) is 0 Å². The molecule has 0 bridgehead atoms. The molecule has 0 heterocycles. The predicted octanol–water partition coefficient (Wildman–Crippen LogP) is 1.27. The summed E-state index contributed by atoms with van der Waals surface area (Å²) < 4.78 is 8.92. The van der Waals surface area contributed by atoms with Crippen LogP contribution in [0.3, 0.4) is 0 Å². The average molecular weight is 150 g/mol. The van der Waals surface area contributed by atoms with Crippen LogP contribution in [0.2, 0.25) is 0 Å². The molecule has 0 aliphatic carbocycles. The lowest BCUT2D eigenvalue weighted by molar-refractivity contribution is 0.191. The Morgan fingerprint density at radius 1 is 1.27 bits per heavy atom. The summed E-state index contributed by atoms with van der Waals surface area (Å²) in [6.45, 7) is 2.13. The first-order valence-electron chi connectivity index (χ1n) is 2.99. The Morgan fingerprint density at radius 3 is 2.64 bits per heavy atom. The van der Waals surface area contributed by atoms with Gasteiger partial charge in [-0.3, -0.25) is 0 Å². The summed E-state index contributed by atoms with van der Waals surface area (Å²) in [5, 5.41) is 0. The molecule has 0 saturated heterocycles. The molecule has 3 heteroatoms. The van der Waals surface area contributed by atoms with Crippen molar-refractivity contribution in [2.45, 2.75) is 0 Å². The van der Waals surface area contributed by atoms with E-state index in [1.165, 1.54) is 6.47 Å². The van der Waals surface area contributed by atoms with E-state index in [9.17, 15) is 4.79 Å². The standard InChI is InChI=1S/C8H6O3/c9-6-10-7-11-8-4-2-1-3-5-8/h1-5,7H. The molecule has 11 heavy (non-hydrogen) atoms. The van der Waals surface area contributed by atoms with E-state index in [1.807, 2.05) is 18.2 Å². The zero-order valence-electron chi connectivity index (χ0n) is 5.69. The van der Waals surface area contributed by atoms with Gasteiger partial charge in [-0.05, 0) is 12.1 Å². The van der Waals surface area contributed by atoms with Crippen molar-refractivity contribution < 1.29 is 14.3 Å². The third kappa shape index (κ3) is 2.71. The Labute approximate surface area is 64.5 Å². The van der Waals surface area contributed by atoms with E-state index in [2.05, 4.69) is 4.74 Å². The van der Waals surface area contributed by atoms with Crippen molar-refractivity contribution in [3.05, 3.63) is 37.1 Å². The number of rotatable bonds is 4. The highest BCUT2D eigenvalue weighted by atomic mass is 16.7. The zero-order chi connectivity index (χ0) is 7.94. The largest absolute Gasteiger partial charge is 0.448 e. The molecule has 0 aromatic heterocycles. The number of benzene rings is 1. The van der Waals surface area contributed by atoms with Crippen LogP contribution in [0.25, 0.3) is 0 Å². The first-order valence-corrected chi connectivity index (χ1v) is 2.99. The maximum atomic E-state index is 9.54. The second kappa shape index (κ2) is 4.33. The number of ether oxygens (including phenoxy) is 2. The highest BCUT2D eigenvalue weighted by Crippen LogP contribution is 2.08. The van der Waals surface area contributed by atoms with Crippen LogP contribution in [0, 0.1) is 6.79 Å². The van der Waals surface area contributed by atoms with Crippen molar-refractivity contribution in [3.63, 3.8) is 0 Å². The molecule has 2 radical (unpaired) electrons. The first-order chi connectivity index (χ1) is 5.43. The third-order valence-corrected chi connectivity index (χ3v) is 1.02. The fourth-order valence-corrected chi connectivity index (χ4v) is 0.598. The maximum absolute atomic E-state index is 9.54. The van der Waals surface area contributed by atoms with Crippen LogP contribution < -0.4 is 4.74 Å². The minimum absolute atomic E-state index is 0.614. The fraction of sp³-hybridized carbons (Fsp3) is 0. The van der Waals surface area contributed by atoms with E-state index in [0.717, 1.165) is 6.79 Å². The molecule has 0 amide bonds. The van der Waals surface area contributed by atoms with Crippen molar-refractivity contribution in [1.29, 1.82) is 0 Å². The topological polar surface area (TPSA) is 35.5 Å². The number of carbonyl (C=O) groups excluding carboxylic acids is 1. The van der Waals surface area contributed by atoms with E-state index < -0.39 is 0 Å². The van der Waals surface area contributed by atoms with Gasteiger partial charge in [0.15, 0.2) is 0 Å². The van der Waals surface area contributed by atoms with E-state index in [0.29, 0.717) is 5.75 Å². The molecule has 0 atom stereocenters. The summed E-state index contributed by atoms with van der Waals surface area (Å²) in [7, 11) is 0. The second-order valence-corrected chi connectivity index (χ2v) is 1.73. The highest BCUT2D eigenvalue weighted by molar-refractivity contribution is 5.38. The Morgan fingerprint density at radius 2 is 2.00 bits per heavy atom. The van der Waals surface area contributed by atoms with Crippen molar-refractivity contribution >= 4 is 6.47 Å². The van der Waals surface area contributed by atoms with Gasteiger partial charge < -0.3 is 9.47 Å². The van der Waals surface area contributed by atoms with Crippen LogP contribution in [0.1, 0.15) is 0 Å². The van der Waals surface area contributed by atoms with Crippen LogP contribution in [0.15, 0.2) is 30.3 Å².